The number of rotatable bonds is 8. The maximum absolute atomic E-state index is 10.1. The van der Waals surface area contributed by atoms with Crippen molar-refractivity contribution in [3.05, 3.63) is 0 Å². The predicted octanol–water partition coefficient (Wildman–Crippen LogP) is 1.15. The van der Waals surface area contributed by atoms with Gasteiger partial charge in [-0.15, -0.1) is 0 Å². The van der Waals surface area contributed by atoms with Crippen LogP contribution < -0.4 is 0 Å². The van der Waals surface area contributed by atoms with Gasteiger partial charge in [0.15, 0.2) is 0 Å². The number of carbonyl (C=O) groups excluding carboxylic acids is 3. The number of aldehydes is 3. The number of hydrogen-bond acceptors (Lipinski definition) is 3. The first-order chi connectivity index (χ1) is 5.85. The van der Waals surface area contributed by atoms with Gasteiger partial charge in [-0.1, -0.05) is 0 Å². The van der Waals surface area contributed by atoms with Gasteiger partial charge in [0.2, 0.25) is 0 Å². The maximum atomic E-state index is 10.1. The van der Waals surface area contributed by atoms with Crippen molar-refractivity contribution in [2.24, 2.45) is 5.92 Å². The Morgan fingerprint density at radius 2 is 1.50 bits per heavy atom. The van der Waals surface area contributed by atoms with Gasteiger partial charge in [-0.25, -0.2) is 0 Å². The SMILES string of the molecule is O=CCCCC(CC=O)CC=O. The van der Waals surface area contributed by atoms with Crippen molar-refractivity contribution in [3.63, 3.8) is 0 Å². The molecule has 0 N–H and O–H groups in total. The van der Waals surface area contributed by atoms with Crippen molar-refractivity contribution in [1.82, 2.24) is 0 Å². The van der Waals surface area contributed by atoms with Gasteiger partial charge in [-0.05, 0) is 18.8 Å². The first-order valence-electron chi connectivity index (χ1n) is 4.16. The summed E-state index contributed by atoms with van der Waals surface area (Å²) in [6.07, 6.45) is 5.46. The number of carbonyl (C=O) groups is 3. The summed E-state index contributed by atoms with van der Waals surface area (Å²) < 4.78 is 0. The highest BCUT2D eigenvalue weighted by atomic mass is 16.1. The fourth-order valence-corrected chi connectivity index (χ4v) is 1.09. The molecule has 3 heteroatoms. The molecule has 0 spiro atoms. The molecule has 3 nitrogen and oxygen atoms in total. The molecule has 0 radical (unpaired) electrons. The zero-order valence-corrected chi connectivity index (χ0v) is 7.07. The summed E-state index contributed by atoms with van der Waals surface area (Å²) in [6.45, 7) is 0. The third-order valence-corrected chi connectivity index (χ3v) is 1.79. The third-order valence-electron chi connectivity index (χ3n) is 1.79. The van der Waals surface area contributed by atoms with Gasteiger partial charge in [-0.2, -0.15) is 0 Å². The highest BCUT2D eigenvalue weighted by Crippen LogP contribution is 2.13. The van der Waals surface area contributed by atoms with Gasteiger partial charge >= 0.3 is 0 Å². The van der Waals surface area contributed by atoms with Gasteiger partial charge in [0.1, 0.15) is 18.9 Å². The lowest BCUT2D eigenvalue weighted by atomic mass is 9.96. The molecule has 0 aromatic carbocycles. The van der Waals surface area contributed by atoms with Crippen LogP contribution in [0.25, 0.3) is 0 Å². The van der Waals surface area contributed by atoms with Crippen LogP contribution in [0.2, 0.25) is 0 Å². The molecule has 0 heterocycles. The van der Waals surface area contributed by atoms with Crippen LogP contribution in [-0.4, -0.2) is 18.9 Å². The fourth-order valence-electron chi connectivity index (χ4n) is 1.09. The van der Waals surface area contributed by atoms with E-state index in [1.807, 2.05) is 0 Å². The monoisotopic (exact) mass is 170 g/mol. The van der Waals surface area contributed by atoms with E-state index < -0.39 is 0 Å². The lowest BCUT2D eigenvalue weighted by Gasteiger charge is -2.07. The molecule has 0 aliphatic rings. The molecule has 0 aliphatic heterocycles. The molecule has 0 amide bonds. The second-order valence-corrected chi connectivity index (χ2v) is 2.77. The minimum atomic E-state index is 0.139. The van der Waals surface area contributed by atoms with Gasteiger partial charge < -0.3 is 14.4 Å². The quantitative estimate of drug-likeness (QED) is 0.405. The summed E-state index contributed by atoms with van der Waals surface area (Å²) in [6, 6.07) is 0. The molecule has 0 atom stereocenters. The van der Waals surface area contributed by atoms with E-state index in [9.17, 15) is 14.4 Å². The van der Waals surface area contributed by atoms with Crippen LogP contribution in [0.5, 0.6) is 0 Å². The fraction of sp³-hybridized carbons (Fsp3) is 0.667. The summed E-state index contributed by atoms with van der Waals surface area (Å²) in [7, 11) is 0. The molecule has 0 saturated carbocycles. The van der Waals surface area contributed by atoms with Crippen molar-refractivity contribution in [2.75, 3.05) is 0 Å². The van der Waals surface area contributed by atoms with E-state index in [0.29, 0.717) is 19.3 Å². The van der Waals surface area contributed by atoms with E-state index in [2.05, 4.69) is 0 Å². The van der Waals surface area contributed by atoms with E-state index in [1.165, 1.54) is 0 Å². The zero-order valence-electron chi connectivity index (χ0n) is 7.07. The van der Waals surface area contributed by atoms with Gasteiger partial charge in [0, 0.05) is 19.3 Å². The Morgan fingerprint density at radius 1 is 0.917 bits per heavy atom. The average molecular weight is 170 g/mol. The lowest BCUT2D eigenvalue weighted by Crippen LogP contribution is -2.02. The summed E-state index contributed by atoms with van der Waals surface area (Å²) in [5.41, 5.74) is 0. The number of unbranched alkanes of at least 4 members (excludes halogenated alkanes) is 1. The molecular formula is C9H14O3. The van der Waals surface area contributed by atoms with E-state index in [-0.39, 0.29) is 5.92 Å². The summed E-state index contributed by atoms with van der Waals surface area (Å²) in [5.74, 6) is 0.139. The molecule has 12 heavy (non-hydrogen) atoms. The Balaban J connectivity index is 3.53. The zero-order chi connectivity index (χ0) is 9.23. The van der Waals surface area contributed by atoms with E-state index in [1.54, 1.807) is 0 Å². The van der Waals surface area contributed by atoms with Gasteiger partial charge in [-0.3, -0.25) is 0 Å². The first-order valence-corrected chi connectivity index (χ1v) is 4.16. The van der Waals surface area contributed by atoms with Crippen molar-refractivity contribution >= 4 is 18.9 Å². The van der Waals surface area contributed by atoms with Crippen LogP contribution in [0, 0.1) is 5.92 Å². The van der Waals surface area contributed by atoms with Crippen LogP contribution in [-0.2, 0) is 14.4 Å². The maximum Gasteiger partial charge on any atom is 0.120 e. The minimum Gasteiger partial charge on any atom is -0.303 e. The Kier molecular flexibility index (Phi) is 7.44. The first kappa shape index (κ1) is 11.0. The average Bonchev–Trinajstić information content (AvgIpc) is 2.06. The smallest absolute Gasteiger partial charge is 0.120 e. The highest BCUT2D eigenvalue weighted by Gasteiger charge is 2.06. The summed E-state index contributed by atoms with van der Waals surface area (Å²) in [4.78, 5) is 30.2. The van der Waals surface area contributed by atoms with Gasteiger partial charge in [0.25, 0.3) is 0 Å². The van der Waals surface area contributed by atoms with Crippen molar-refractivity contribution in [3.8, 4) is 0 Å². The lowest BCUT2D eigenvalue weighted by molar-refractivity contribution is -0.110. The molecule has 0 unspecified atom stereocenters. The minimum absolute atomic E-state index is 0.139. The van der Waals surface area contributed by atoms with Crippen LogP contribution in [0.1, 0.15) is 32.1 Å². The standard InChI is InChI=1S/C9H14O3/c10-6-2-1-3-9(4-7-11)5-8-12/h6-9H,1-5H2. The Hall–Kier alpha value is -0.990. The van der Waals surface area contributed by atoms with Crippen LogP contribution in [0.15, 0.2) is 0 Å². The van der Waals surface area contributed by atoms with Crippen molar-refractivity contribution < 1.29 is 14.4 Å². The molecular weight excluding hydrogens is 156 g/mol. The molecule has 0 aliphatic carbocycles. The molecule has 0 bridgehead atoms. The second kappa shape index (κ2) is 8.11. The molecule has 0 rings (SSSR count). The Bertz CT molecular complexity index is 133. The molecule has 0 aromatic rings. The predicted molar refractivity (Wildman–Crippen MR) is 44.8 cm³/mol. The van der Waals surface area contributed by atoms with E-state index in [4.69, 9.17) is 0 Å². The van der Waals surface area contributed by atoms with Crippen LogP contribution >= 0.6 is 0 Å². The van der Waals surface area contributed by atoms with Crippen molar-refractivity contribution in [2.45, 2.75) is 32.1 Å². The normalized spacial score (nSPS) is 9.75. The van der Waals surface area contributed by atoms with E-state index >= 15 is 0 Å². The molecule has 0 aromatic heterocycles. The Morgan fingerprint density at radius 3 is 1.92 bits per heavy atom. The largest absolute Gasteiger partial charge is 0.303 e. The van der Waals surface area contributed by atoms with Gasteiger partial charge in [0.05, 0.1) is 0 Å². The van der Waals surface area contributed by atoms with Crippen LogP contribution in [0.4, 0.5) is 0 Å². The van der Waals surface area contributed by atoms with Crippen LogP contribution in [0.3, 0.4) is 0 Å². The molecule has 68 valence electrons. The molecule has 0 fully saturated rings. The van der Waals surface area contributed by atoms with Crippen molar-refractivity contribution in [1.29, 1.82) is 0 Å². The molecule has 0 saturated heterocycles. The summed E-state index contributed by atoms with van der Waals surface area (Å²) in [5, 5.41) is 0. The third kappa shape index (κ3) is 5.77. The topological polar surface area (TPSA) is 51.2 Å². The summed E-state index contributed by atoms with van der Waals surface area (Å²) >= 11 is 0. The Labute approximate surface area is 72.1 Å². The van der Waals surface area contributed by atoms with E-state index in [0.717, 1.165) is 31.7 Å². The highest BCUT2D eigenvalue weighted by molar-refractivity contribution is 5.54. The second-order valence-electron chi connectivity index (χ2n) is 2.77. The number of hydrogen-bond donors (Lipinski definition) is 0.